The monoisotopic (exact) mass is 444 g/mol. The summed E-state index contributed by atoms with van der Waals surface area (Å²) in [6.07, 6.45) is 3.73. The molecular weight excluding hydrogens is 420 g/mol. The maximum atomic E-state index is 12.6. The van der Waals surface area contributed by atoms with Gasteiger partial charge in [-0.05, 0) is 42.0 Å². The maximum Gasteiger partial charge on any atom is 0.253 e. The van der Waals surface area contributed by atoms with Gasteiger partial charge in [-0.25, -0.2) is 0 Å². The molecule has 2 heterocycles. The van der Waals surface area contributed by atoms with Gasteiger partial charge in [-0.15, -0.1) is 12.4 Å². The van der Waals surface area contributed by atoms with Crippen molar-refractivity contribution in [2.24, 2.45) is 0 Å². The SMILES string of the molecule is Cl.O=C(c1ccccc1)N1CCC(Oc2ccc(-c3cnc4ccccc4c3)cc2)CC1. The second-order valence-corrected chi connectivity index (χ2v) is 7.92. The summed E-state index contributed by atoms with van der Waals surface area (Å²) >= 11 is 0. The van der Waals surface area contributed by atoms with E-state index in [0.29, 0.717) is 0 Å². The predicted molar refractivity (Wildman–Crippen MR) is 130 cm³/mol. The van der Waals surface area contributed by atoms with E-state index in [0.717, 1.165) is 59.3 Å². The second-order valence-electron chi connectivity index (χ2n) is 7.92. The molecule has 5 rings (SSSR count). The van der Waals surface area contributed by atoms with Gasteiger partial charge in [-0.3, -0.25) is 9.78 Å². The van der Waals surface area contributed by atoms with Crippen molar-refractivity contribution < 1.29 is 9.53 Å². The van der Waals surface area contributed by atoms with Gasteiger partial charge in [0.05, 0.1) is 5.52 Å². The Bertz CT molecular complexity index is 1190. The standard InChI is InChI=1S/C27H24N2O2.ClH/c30-27(21-6-2-1-3-7-21)29-16-14-25(15-17-29)31-24-12-10-20(11-13-24)23-18-22-8-4-5-9-26(22)28-19-23;/h1-13,18-19,25H,14-17H2;1H. The van der Waals surface area contributed by atoms with Gasteiger partial charge in [0, 0.05) is 48.6 Å². The molecule has 0 bridgehead atoms. The molecule has 0 atom stereocenters. The van der Waals surface area contributed by atoms with Crippen molar-refractivity contribution in [3.63, 3.8) is 0 Å². The fourth-order valence-electron chi connectivity index (χ4n) is 4.09. The molecule has 162 valence electrons. The van der Waals surface area contributed by atoms with Gasteiger partial charge in [-0.1, -0.05) is 48.5 Å². The molecule has 1 amide bonds. The first-order valence-corrected chi connectivity index (χ1v) is 10.7. The number of hydrogen-bond donors (Lipinski definition) is 0. The number of hydrogen-bond acceptors (Lipinski definition) is 3. The van der Waals surface area contributed by atoms with E-state index in [4.69, 9.17) is 4.74 Å². The number of amides is 1. The zero-order valence-corrected chi connectivity index (χ0v) is 18.5. The Balaban J connectivity index is 0.00000245. The van der Waals surface area contributed by atoms with E-state index < -0.39 is 0 Å². The molecule has 0 radical (unpaired) electrons. The topological polar surface area (TPSA) is 42.4 Å². The van der Waals surface area contributed by atoms with E-state index in [1.54, 1.807) is 0 Å². The van der Waals surface area contributed by atoms with E-state index >= 15 is 0 Å². The molecule has 3 aromatic carbocycles. The van der Waals surface area contributed by atoms with Gasteiger partial charge in [0.2, 0.25) is 0 Å². The Morgan fingerprint density at radius 3 is 2.28 bits per heavy atom. The van der Waals surface area contributed by atoms with E-state index in [9.17, 15) is 4.79 Å². The highest BCUT2D eigenvalue weighted by Crippen LogP contribution is 2.26. The molecule has 5 heteroatoms. The molecule has 0 spiro atoms. The summed E-state index contributed by atoms with van der Waals surface area (Å²) in [5.74, 6) is 0.970. The number of para-hydroxylation sites is 1. The molecule has 1 aromatic heterocycles. The first-order valence-electron chi connectivity index (χ1n) is 10.7. The van der Waals surface area contributed by atoms with Crippen molar-refractivity contribution in [1.82, 2.24) is 9.88 Å². The first-order chi connectivity index (χ1) is 15.3. The van der Waals surface area contributed by atoms with Crippen LogP contribution in [0.5, 0.6) is 5.75 Å². The van der Waals surface area contributed by atoms with Gasteiger partial charge >= 0.3 is 0 Å². The molecule has 0 aliphatic carbocycles. The molecule has 0 N–H and O–H groups in total. The summed E-state index contributed by atoms with van der Waals surface area (Å²) in [4.78, 5) is 19.1. The third kappa shape index (κ3) is 4.76. The molecular formula is C27H25ClN2O2. The van der Waals surface area contributed by atoms with Gasteiger partial charge in [-0.2, -0.15) is 0 Å². The van der Waals surface area contributed by atoms with Gasteiger partial charge in [0.25, 0.3) is 5.91 Å². The molecule has 1 aliphatic heterocycles. The van der Waals surface area contributed by atoms with Crippen LogP contribution in [0.3, 0.4) is 0 Å². The van der Waals surface area contributed by atoms with Crippen LogP contribution >= 0.6 is 12.4 Å². The fraction of sp³-hybridized carbons (Fsp3) is 0.185. The minimum absolute atomic E-state index is 0. The van der Waals surface area contributed by atoms with Crippen LogP contribution in [0.15, 0.2) is 91.1 Å². The third-order valence-electron chi connectivity index (χ3n) is 5.83. The number of halogens is 1. The van der Waals surface area contributed by atoms with Crippen LogP contribution in [0.25, 0.3) is 22.0 Å². The Kier molecular flexibility index (Phi) is 6.72. The fourth-order valence-corrected chi connectivity index (χ4v) is 4.09. The summed E-state index contributed by atoms with van der Waals surface area (Å²) in [5.41, 5.74) is 3.97. The van der Waals surface area contributed by atoms with Crippen LogP contribution in [0, 0.1) is 0 Å². The zero-order chi connectivity index (χ0) is 21.0. The lowest BCUT2D eigenvalue weighted by Gasteiger charge is -2.32. The number of aromatic nitrogens is 1. The number of piperidine rings is 1. The average Bonchev–Trinajstić information content (AvgIpc) is 2.85. The maximum absolute atomic E-state index is 12.6. The normalized spacial score (nSPS) is 14.1. The van der Waals surface area contributed by atoms with Crippen molar-refractivity contribution in [2.45, 2.75) is 18.9 Å². The molecule has 32 heavy (non-hydrogen) atoms. The highest BCUT2D eigenvalue weighted by molar-refractivity contribution is 5.94. The Morgan fingerprint density at radius 2 is 1.53 bits per heavy atom. The number of pyridine rings is 1. The van der Waals surface area contributed by atoms with Crippen molar-refractivity contribution in [1.29, 1.82) is 0 Å². The van der Waals surface area contributed by atoms with Crippen LogP contribution in [0.4, 0.5) is 0 Å². The minimum atomic E-state index is 0. The van der Waals surface area contributed by atoms with Crippen LogP contribution in [0.1, 0.15) is 23.2 Å². The number of carbonyl (C=O) groups excluding carboxylic acids is 1. The summed E-state index contributed by atoms with van der Waals surface area (Å²) in [6.45, 7) is 1.44. The lowest BCUT2D eigenvalue weighted by atomic mass is 10.0. The quantitative estimate of drug-likeness (QED) is 0.387. The summed E-state index contributed by atoms with van der Waals surface area (Å²) in [5, 5.41) is 1.14. The van der Waals surface area contributed by atoms with Crippen LogP contribution < -0.4 is 4.74 Å². The molecule has 1 aliphatic rings. The zero-order valence-electron chi connectivity index (χ0n) is 17.7. The van der Waals surface area contributed by atoms with Gasteiger partial charge in [0.15, 0.2) is 0 Å². The smallest absolute Gasteiger partial charge is 0.253 e. The van der Waals surface area contributed by atoms with Crippen LogP contribution in [0.2, 0.25) is 0 Å². The number of benzene rings is 3. The Hall–Kier alpha value is -3.37. The first kappa shape index (κ1) is 21.8. The van der Waals surface area contributed by atoms with Gasteiger partial charge in [0.1, 0.15) is 11.9 Å². The van der Waals surface area contributed by atoms with Crippen molar-refractivity contribution in [3.8, 4) is 16.9 Å². The number of nitrogens with zero attached hydrogens (tertiary/aromatic N) is 2. The number of ether oxygens (including phenoxy) is 1. The molecule has 4 nitrogen and oxygen atoms in total. The van der Waals surface area contributed by atoms with Crippen molar-refractivity contribution in [3.05, 3.63) is 96.7 Å². The largest absolute Gasteiger partial charge is 0.490 e. The van der Waals surface area contributed by atoms with Gasteiger partial charge < -0.3 is 9.64 Å². The summed E-state index contributed by atoms with van der Waals surface area (Å²) < 4.78 is 6.20. The van der Waals surface area contributed by atoms with Crippen LogP contribution in [-0.4, -0.2) is 35.0 Å². The highest BCUT2D eigenvalue weighted by atomic mass is 35.5. The van der Waals surface area contributed by atoms with Crippen molar-refractivity contribution in [2.75, 3.05) is 13.1 Å². The predicted octanol–water partition coefficient (Wildman–Crippen LogP) is 6.01. The molecule has 1 saturated heterocycles. The molecule has 0 unspecified atom stereocenters. The molecule has 4 aromatic rings. The Morgan fingerprint density at radius 1 is 0.844 bits per heavy atom. The van der Waals surface area contributed by atoms with E-state index in [1.807, 2.05) is 71.8 Å². The summed E-state index contributed by atoms with van der Waals surface area (Å²) in [6, 6.07) is 28.0. The Labute approximate surface area is 194 Å². The number of rotatable bonds is 4. The lowest BCUT2D eigenvalue weighted by molar-refractivity contribution is 0.0595. The molecule has 0 saturated carbocycles. The third-order valence-corrected chi connectivity index (χ3v) is 5.83. The number of carbonyl (C=O) groups is 1. The van der Waals surface area contributed by atoms with E-state index in [1.165, 1.54) is 0 Å². The van der Waals surface area contributed by atoms with Crippen molar-refractivity contribution >= 4 is 29.2 Å². The highest BCUT2D eigenvalue weighted by Gasteiger charge is 2.24. The second kappa shape index (κ2) is 9.84. The number of fused-ring (bicyclic) bond motifs is 1. The van der Waals surface area contributed by atoms with E-state index in [-0.39, 0.29) is 24.4 Å². The lowest BCUT2D eigenvalue weighted by Crippen LogP contribution is -2.41. The van der Waals surface area contributed by atoms with Crippen LogP contribution in [-0.2, 0) is 0 Å². The summed E-state index contributed by atoms with van der Waals surface area (Å²) in [7, 11) is 0. The molecule has 1 fully saturated rings. The van der Waals surface area contributed by atoms with E-state index in [2.05, 4.69) is 29.2 Å². The minimum Gasteiger partial charge on any atom is -0.490 e. The average molecular weight is 445 g/mol. The number of likely N-dealkylation sites (tertiary alicyclic amines) is 1.